The van der Waals surface area contributed by atoms with Gasteiger partial charge in [0.05, 0.1) is 0 Å². The topological polar surface area (TPSA) is 63.6 Å². The molecule has 1 N–H and O–H groups in total. The van der Waals surface area contributed by atoms with E-state index < -0.39 is 0 Å². The van der Waals surface area contributed by atoms with Gasteiger partial charge in [-0.05, 0) is 26.3 Å². The van der Waals surface area contributed by atoms with E-state index in [0.717, 1.165) is 23.5 Å². The fraction of sp³-hybridized carbons (Fsp3) is 0.417. The van der Waals surface area contributed by atoms with Gasteiger partial charge in [0.25, 0.3) is 5.56 Å². The maximum absolute atomic E-state index is 11.9. The van der Waals surface area contributed by atoms with E-state index in [4.69, 9.17) is 0 Å². The summed E-state index contributed by atoms with van der Waals surface area (Å²) in [7, 11) is 0. The van der Waals surface area contributed by atoms with Crippen molar-refractivity contribution in [2.45, 2.75) is 33.7 Å². The molecule has 2 aromatic rings. The Morgan fingerprint density at radius 2 is 2.18 bits per heavy atom. The monoisotopic (exact) mass is 232 g/mol. The van der Waals surface area contributed by atoms with Crippen molar-refractivity contribution in [3.05, 3.63) is 33.9 Å². The minimum absolute atomic E-state index is 0.0566. The minimum Gasteiger partial charge on any atom is -0.305 e. The highest BCUT2D eigenvalue weighted by Gasteiger charge is 2.10. The van der Waals surface area contributed by atoms with E-state index in [1.54, 1.807) is 6.20 Å². The second-order valence-electron chi connectivity index (χ2n) is 3.86. The number of rotatable bonds is 3. The average Bonchev–Trinajstić information content (AvgIpc) is 2.76. The molecule has 0 saturated heterocycles. The number of aromatic amines is 1. The second-order valence-corrected chi connectivity index (χ2v) is 3.86. The number of aryl methyl sites for hydroxylation is 2. The molecular formula is C12H16N4O. The van der Waals surface area contributed by atoms with E-state index in [-0.39, 0.29) is 5.56 Å². The smallest absolute Gasteiger partial charge is 0.254 e. The molecule has 0 spiro atoms. The first-order valence-electron chi connectivity index (χ1n) is 5.79. The predicted octanol–water partition coefficient (Wildman–Crippen LogP) is 1.52. The van der Waals surface area contributed by atoms with Crippen molar-refractivity contribution in [3.8, 4) is 11.5 Å². The lowest BCUT2D eigenvalue weighted by atomic mass is 10.2. The van der Waals surface area contributed by atoms with Crippen molar-refractivity contribution in [2.75, 3.05) is 0 Å². The summed E-state index contributed by atoms with van der Waals surface area (Å²) in [5, 5.41) is 4.17. The third-order valence-corrected chi connectivity index (χ3v) is 2.83. The normalized spacial score (nSPS) is 10.8. The fourth-order valence-corrected chi connectivity index (χ4v) is 1.93. The third-order valence-electron chi connectivity index (χ3n) is 2.83. The number of H-pyrrole nitrogens is 1. The van der Waals surface area contributed by atoms with Crippen LogP contribution in [-0.4, -0.2) is 19.7 Å². The van der Waals surface area contributed by atoms with Crippen LogP contribution in [0.2, 0.25) is 0 Å². The summed E-state index contributed by atoms with van der Waals surface area (Å²) in [5.74, 6) is 0.587. The first kappa shape index (κ1) is 11.6. The molecule has 90 valence electrons. The van der Waals surface area contributed by atoms with E-state index in [9.17, 15) is 4.79 Å². The summed E-state index contributed by atoms with van der Waals surface area (Å²) in [4.78, 5) is 19.1. The first-order chi connectivity index (χ1) is 8.17. The summed E-state index contributed by atoms with van der Waals surface area (Å²) >= 11 is 0. The van der Waals surface area contributed by atoms with E-state index in [0.29, 0.717) is 12.2 Å². The molecule has 0 amide bonds. The van der Waals surface area contributed by atoms with Crippen molar-refractivity contribution in [3.63, 3.8) is 0 Å². The molecule has 0 aromatic carbocycles. The Balaban J connectivity index is 2.58. The molecule has 0 atom stereocenters. The highest BCUT2D eigenvalue weighted by atomic mass is 16.1. The van der Waals surface area contributed by atoms with Crippen LogP contribution in [0.15, 0.2) is 17.1 Å². The number of hydrogen-bond donors (Lipinski definition) is 1. The Kier molecular flexibility index (Phi) is 3.08. The van der Waals surface area contributed by atoms with E-state index >= 15 is 0 Å². The van der Waals surface area contributed by atoms with Gasteiger partial charge in [-0.1, -0.05) is 6.92 Å². The molecule has 2 heterocycles. The summed E-state index contributed by atoms with van der Waals surface area (Å²) < 4.78 is 1.81. The lowest BCUT2D eigenvalue weighted by molar-refractivity contribution is 0.663. The Bertz CT molecular complexity index is 582. The van der Waals surface area contributed by atoms with E-state index in [2.05, 4.69) is 15.1 Å². The van der Waals surface area contributed by atoms with Crippen molar-refractivity contribution in [1.29, 1.82) is 0 Å². The quantitative estimate of drug-likeness (QED) is 0.872. The lowest BCUT2D eigenvalue weighted by Gasteiger charge is -2.07. The highest BCUT2D eigenvalue weighted by Crippen LogP contribution is 2.14. The van der Waals surface area contributed by atoms with Gasteiger partial charge in [-0.15, -0.1) is 0 Å². The maximum Gasteiger partial charge on any atom is 0.254 e. The predicted molar refractivity (Wildman–Crippen MR) is 65.9 cm³/mol. The van der Waals surface area contributed by atoms with E-state index in [1.165, 1.54) is 0 Å². The number of nitrogens with zero attached hydrogens (tertiary/aromatic N) is 3. The molecule has 0 aliphatic rings. The molecule has 0 bridgehead atoms. The molecule has 5 heteroatoms. The van der Waals surface area contributed by atoms with Gasteiger partial charge in [-0.25, -0.2) is 4.98 Å². The van der Waals surface area contributed by atoms with Gasteiger partial charge in [-0.3, -0.25) is 9.48 Å². The molecule has 0 fully saturated rings. The molecule has 0 unspecified atom stereocenters. The van der Waals surface area contributed by atoms with Crippen LogP contribution in [0, 0.1) is 6.92 Å². The summed E-state index contributed by atoms with van der Waals surface area (Å²) in [5.41, 5.74) is 2.32. The summed E-state index contributed by atoms with van der Waals surface area (Å²) in [6, 6.07) is 1.85. The van der Waals surface area contributed by atoms with Crippen molar-refractivity contribution in [2.24, 2.45) is 0 Å². The van der Waals surface area contributed by atoms with Gasteiger partial charge in [0.2, 0.25) is 0 Å². The van der Waals surface area contributed by atoms with Crippen molar-refractivity contribution in [1.82, 2.24) is 19.7 Å². The largest absolute Gasteiger partial charge is 0.305 e. The Morgan fingerprint density at radius 1 is 1.41 bits per heavy atom. The molecule has 2 aromatic heterocycles. The summed E-state index contributed by atoms with van der Waals surface area (Å²) in [6.07, 6.45) is 2.41. The fourth-order valence-electron chi connectivity index (χ4n) is 1.93. The molecule has 0 radical (unpaired) electrons. The molecule has 0 saturated carbocycles. The second kappa shape index (κ2) is 4.53. The van der Waals surface area contributed by atoms with Crippen molar-refractivity contribution >= 4 is 0 Å². The third kappa shape index (κ3) is 2.00. The van der Waals surface area contributed by atoms with Crippen LogP contribution in [0.25, 0.3) is 11.5 Å². The Labute approximate surface area is 99.5 Å². The van der Waals surface area contributed by atoms with Gasteiger partial charge in [0.1, 0.15) is 5.69 Å². The van der Waals surface area contributed by atoms with E-state index in [1.807, 2.05) is 31.5 Å². The Hall–Kier alpha value is -1.91. The zero-order valence-electron chi connectivity index (χ0n) is 10.3. The van der Waals surface area contributed by atoms with Gasteiger partial charge >= 0.3 is 0 Å². The van der Waals surface area contributed by atoms with Gasteiger partial charge in [0.15, 0.2) is 5.82 Å². The van der Waals surface area contributed by atoms with Gasteiger partial charge in [-0.2, -0.15) is 5.10 Å². The van der Waals surface area contributed by atoms with Crippen LogP contribution in [-0.2, 0) is 13.0 Å². The molecular weight excluding hydrogens is 216 g/mol. The standard InChI is InChI=1S/C12H16N4O/c1-4-9-8(3)14-11(15-12(9)17)10-6-7-13-16(10)5-2/h6-7H,4-5H2,1-3H3,(H,14,15,17). The average molecular weight is 232 g/mol. The Morgan fingerprint density at radius 3 is 2.76 bits per heavy atom. The van der Waals surface area contributed by atoms with Gasteiger partial charge in [0, 0.05) is 24.0 Å². The molecule has 0 aliphatic heterocycles. The summed E-state index contributed by atoms with van der Waals surface area (Å²) in [6.45, 7) is 6.57. The SMILES string of the molecule is CCc1c(C)nc(-c2ccnn2CC)[nH]c1=O. The number of aromatic nitrogens is 4. The minimum atomic E-state index is -0.0566. The van der Waals surface area contributed by atoms with Crippen molar-refractivity contribution < 1.29 is 0 Å². The molecule has 17 heavy (non-hydrogen) atoms. The number of hydrogen-bond acceptors (Lipinski definition) is 3. The molecule has 5 nitrogen and oxygen atoms in total. The number of nitrogens with one attached hydrogen (secondary N) is 1. The molecule has 2 rings (SSSR count). The maximum atomic E-state index is 11.9. The van der Waals surface area contributed by atoms with Crippen LogP contribution in [0.1, 0.15) is 25.1 Å². The zero-order chi connectivity index (χ0) is 12.4. The van der Waals surface area contributed by atoms with Crippen LogP contribution < -0.4 is 5.56 Å². The molecule has 0 aliphatic carbocycles. The van der Waals surface area contributed by atoms with Crippen LogP contribution in [0.3, 0.4) is 0 Å². The van der Waals surface area contributed by atoms with Crippen LogP contribution >= 0.6 is 0 Å². The van der Waals surface area contributed by atoms with Gasteiger partial charge < -0.3 is 4.98 Å². The van der Waals surface area contributed by atoms with Crippen LogP contribution in [0.5, 0.6) is 0 Å². The first-order valence-corrected chi connectivity index (χ1v) is 5.79. The van der Waals surface area contributed by atoms with Crippen LogP contribution in [0.4, 0.5) is 0 Å². The zero-order valence-corrected chi connectivity index (χ0v) is 10.3. The highest BCUT2D eigenvalue weighted by molar-refractivity contribution is 5.49. The lowest BCUT2D eigenvalue weighted by Crippen LogP contribution is -2.17.